The summed E-state index contributed by atoms with van der Waals surface area (Å²) in [5, 5.41) is 16.5. The largest absolute Gasteiger partial charge is 0.323 e. The smallest absolute Gasteiger partial charge is 0.275 e. The van der Waals surface area contributed by atoms with Crippen LogP contribution in [0, 0.1) is 0 Å². The molecule has 3 heterocycles. The van der Waals surface area contributed by atoms with Crippen LogP contribution in [0.4, 0.5) is 5.69 Å². The molecule has 1 aromatic carbocycles. The molecule has 0 saturated carbocycles. The van der Waals surface area contributed by atoms with Gasteiger partial charge in [0.05, 0.1) is 16.8 Å². The first kappa shape index (κ1) is 19.8. The Morgan fingerprint density at radius 1 is 1.07 bits per heavy atom. The van der Waals surface area contributed by atoms with Crippen LogP contribution >= 0.6 is 0 Å². The molecule has 30 heavy (non-hydrogen) atoms. The molecule has 8 heteroatoms. The fourth-order valence-corrected chi connectivity index (χ4v) is 3.46. The number of nitrogens with one attached hydrogen (secondary N) is 1. The molecule has 0 bridgehead atoms. The van der Waals surface area contributed by atoms with E-state index in [1.807, 2.05) is 32.0 Å². The number of hydrogen-bond acceptors (Lipinski definition) is 5. The highest BCUT2D eigenvalue weighted by molar-refractivity contribution is 5.91. The van der Waals surface area contributed by atoms with E-state index in [0.717, 1.165) is 16.6 Å². The van der Waals surface area contributed by atoms with E-state index in [1.165, 1.54) is 4.68 Å². The van der Waals surface area contributed by atoms with E-state index in [4.69, 9.17) is 0 Å². The van der Waals surface area contributed by atoms with Gasteiger partial charge in [-0.05, 0) is 41.7 Å². The zero-order valence-electron chi connectivity index (χ0n) is 17.5. The third-order valence-electron chi connectivity index (χ3n) is 5.09. The van der Waals surface area contributed by atoms with Gasteiger partial charge in [0, 0.05) is 11.6 Å². The lowest BCUT2D eigenvalue weighted by Gasteiger charge is -2.15. The number of pyridine rings is 1. The van der Waals surface area contributed by atoms with E-state index in [0.29, 0.717) is 22.6 Å². The Kier molecular flexibility index (Phi) is 5.07. The lowest BCUT2D eigenvalue weighted by molar-refractivity contribution is -0.117. The summed E-state index contributed by atoms with van der Waals surface area (Å²) < 4.78 is 2.96. The molecule has 4 rings (SSSR count). The highest BCUT2D eigenvalue weighted by Gasteiger charge is 2.16. The highest BCUT2D eigenvalue weighted by Crippen LogP contribution is 2.25. The highest BCUT2D eigenvalue weighted by atomic mass is 16.2. The van der Waals surface area contributed by atoms with Crippen molar-refractivity contribution >= 4 is 28.0 Å². The predicted octanol–water partition coefficient (Wildman–Crippen LogP) is 3.32. The molecule has 0 fully saturated rings. The van der Waals surface area contributed by atoms with Gasteiger partial charge < -0.3 is 5.32 Å². The minimum absolute atomic E-state index is 0.112. The van der Waals surface area contributed by atoms with Gasteiger partial charge in [0.2, 0.25) is 5.91 Å². The van der Waals surface area contributed by atoms with Crippen molar-refractivity contribution in [3.63, 3.8) is 0 Å². The molecule has 0 saturated heterocycles. The number of nitrogens with zero attached hydrogens (tertiary/aromatic N) is 5. The van der Waals surface area contributed by atoms with Crippen molar-refractivity contribution in [3.8, 4) is 0 Å². The molecule has 0 aliphatic heterocycles. The molecule has 0 radical (unpaired) electrons. The fraction of sp³-hybridized carbons (Fsp3) is 0.318. The Balaban J connectivity index is 1.67. The van der Waals surface area contributed by atoms with Gasteiger partial charge in [-0.15, -0.1) is 10.2 Å². The van der Waals surface area contributed by atoms with Crippen molar-refractivity contribution in [2.45, 2.75) is 46.1 Å². The molecule has 0 aliphatic carbocycles. The molecule has 4 aromatic rings. The van der Waals surface area contributed by atoms with Crippen LogP contribution in [-0.4, -0.2) is 30.3 Å². The minimum atomic E-state index is -0.329. The molecule has 0 atom stereocenters. The van der Waals surface area contributed by atoms with Gasteiger partial charge in [0.15, 0.2) is 5.65 Å². The maximum atomic E-state index is 13.0. The first-order valence-electron chi connectivity index (χ1n) is 9.97. The Labute approximate surface area is 173 Å². The zero-order chi connectivity index (χ0) is 21.4. The standard InChI is InChI=1S/C22H24N6O2/c1-13(2)15-5-7-17-18(9-15)21(14(3)4)26-28(22(17)30)11-20(29)24-16-6-8-19-25-23-12-27(19)10-16/h5-10,12-14H,11H2,1-4H3,(H,24,29). The summed E-state index contributed by atoms with van der Waals surface area (Å²) in [6.45, 7) is 8.14. The zero-order valence-corrected chi connectivity index (χ0v) is 17.5. The van der Waals surface area contributed by atoms with E-state index < -0.39 is 0 Å². The number of anilines is 1. The van der Waals surface area contributed by atoms with Gasteiger partial charge in [-0.1, -0.05) is 33.8 Å². The number of benzene rings is 1. The van der Waals surface area contributed by atoms with Crippen LogP contribution in [0.5, 0.6) is 0 Å². The maximum Gasteiger partial charge on any atom is 0.275 e. The average molecular weight is 404 g/mol. The number of fused-ring (bicyclic) bond motifs is 2. The maximum absolute atomic E-state index is 13.0. The predicted molar refractivity (Wildman–Crippen MR) is 116 cm³/mol. The number of carbonyl (C=O) groups is 1. The van der Waals surface area contributed by atoms with Crippen LogP contribution in [0.15, 0.2) is 47.7 Å². The quantitative estimate of drug-likeness (QED) is 0.551. The second-order valence-electron chi connectivity index (χ2n) is 8.02. The Hall–Kier alpha value is -3.55. The van der Waals surface area contributed by atoms with E-state index in [-0.39, 0.29) is 23.9 Å². The minimum Gasteiger partial charge on any atom is -0.323 e. The van der Waals surface area contributed by atoms with Crippen molar-refractivity contribution in [1.29, 1.82) is 0 Å². The van der Waals surface area contributed by atoms with E-state index in [2.05, 4.69) is 34.5 Å². The van der Waals surface area contributed by atoms with Gasteiger partial charge in [-0.3, -0.25) is 14.0 Å². The van der Waals surface area contributed by atoms with Crippen LogP contribution < -0.4 is 10.9 Å². The monoisotopic (exact) mass is 404 g/mol. The number of hydrogen-bond donors (Lipinski definition) is 1. The lowest BCUT2D eigenvalue weighted by atomic mass is 9.96. The van der Waals surface area contributed by atoms with Gasteiger partial charge >= 0.3 is 0 Å². The van der Waals surface area contributed by atoms with Gasteiger partial charge in [0.1, 0.15) is 12.9 Å². The first-order chi connectivity index (χ1) is 14.3. The number of rotatable bonds is 5. The summed E-state index contributed by atoms with van der Waals surface area (Å²) in [7, 11) is 0. The normalized spacial score (nSPS) is 11.7. The van der Waals surface area contributed by atoms with Crippen molar-refractivity contribution in [1.82, 2.24) is 24.4 Å². The van der Waals surface area contributed by atoms with E-state index >= 15 is 0 Å². The topological polar surface area (TPSA) is 94.2 Å². The molecule has 154 valence electrons. The lowest BCUT2D eigenvalue weighted by Crippen LogP contribution is -2.31. The van der Waals surface area contributed by atoms with Gasteiger partial charge in [-0.2, -0.15) is 5.10 Å². The van der Waals surface area contributed by atoms with Crippen LogP contribution in [0.1, 0.15) is 50.8 Å². The number of aromatic nitrogens is 5. The van der Waals surface area contributed by atoms with Crippen molar-refractivity contribution < 1.29 is 4.79 Å². The molecular weight excluding hydrogens is 380 g/mol. The van der Waals surface area contributed by atoms with Crippen LogP contribution in [0.2, 0.25) is 0 Å². The van der Waals surface area contributed by atoms with Crippen molar-refractivity contribution in [3.05, 3.63) is 64.5 Å². The molecule has 0 spiro atoms. The van der Waals surface area contributed by atoms with Crippen molar-refractivity contribution in [2.75, 3.05) is 5.32 Å². The molecule has 3 aromatic heterocycles. The summed E-state index contributed by atoms with van der Waals surface area (Å²) in [4.78, 5) is 25.6. The van der Waals surface area contributed by atoms with Gasteiger partial charge in [-0.25, -0.2) is 4.68 Å². The Morgan fingerprint density at radius 2 is 1.87 bits per heavy atom. The van der Waals surface area contributed by atoms with Crippen LogP contribution in [-0.2, 0) is 11.3 Å². The first-order valence-corrected chi connectivity index (χ1v) is 9.97. The number of amides is 1. The fourth-order valence-electron chi connectivity index (χ4n) is 3.46. The second kappa shape index (κ2) is 7.70. The third-order valence-corrected chi connectivity index (χ3v) is 5.09. The molecule has 1 N–H and O–H groups in total. The molecule has 1 amide bonds. The van der Waals surface area contributed by atoms with Crippen molar-refractivity contribution in [2.24, 2.45) is 0 Å². The molecular formula is C22H24N6O2. The van der Waals surface area contributed by atoms with Crippen LogP contribution in [0.3, 0.4) is 0 Å². The summed E-state index contributed by atoms with van der Waals surface area (Å²) in [5.41, 5.74) is 2.97. The summed E-state index contributed by atoms with van der Waals surface area (Å²) in [6, 6.07) is 9.35. The molecule has 0 unspecified atom stereocenters. The molecule has 0 aliphatic rings. The van der Waals surface area contributed by atoms with E-state index in [9.17, 15) is 9.59 Å². The SMILES string of the molecule is CC(C)c1ccc2c(=O)n(CC(=O)Nc3ccc4nncn4c3)nc(C(C)C)c2c1. The van der Waals surface area contributed by atoms with E-state index in [1.54, 1.807) is 29.1 Å². The molecule has 8 nitrogen and oxygen atoms in total. The van der Waals surface area contributed by atoms with Gasteiger partial charge in [0.25, 0.3) is 5.56 Å². The third kappa shape index (κ3) is 3.68. The summed E-state index contributed by atoms with van der Waals surface area (Å²) >= 11 is 0. The number of carbonyl (C=O) groups excluding carboxylic acids is 1. The second-order valence-corrected chi connectivity index (χ2v) is 8.02. The summed E-state index contributed by atoms with van der Waals surface area (Å²) in [6.07, 6.45) is 3.28. The Morgan fingerprint density at radius 3 is 2.60 bits per heavy atom. The summed E-state index contributed by atoms with van der Waals surface area (Å²) in [5.74, 6) is 0.136. The Bertz CT molecular complexity index is 1300. The van der Waals surface area contributed by atoms with Crippen LogP contribution in [0.25, 0.3) is 16.4 Å². The average Bonchev–Trinajstić information content (AvgIpc) is 3.17.